The summed E-state index contributed by atoms with van der Waals surface area (Å²) < 4.78 is 5.04. The molecule has 2 aliphatic rings. The Morgan fingerprint density at radius 2 is 1.94 bits per heavy atom. The van der Waals surface area contributed by atoms with Gasteiger partial charge in [-0.3, -0.25) is 14.4 Å². The van der Waals surface area contributed by atoms with E-state index in [1.807, 2.05) is 0 Å². The van der Waals surface area contributed by atoms with Gasteiger partial charge in [-0.05, 0) is 40.5 Å². The predicted molar refractivity (Wildman–Crippen MR) is 110 cm³/mol. The Morgan fingerprint density at radius 3 is 2.48 bits per heavy atom. The van der Waals surface area contributed by atoms with Gasteiger partial charge in [0, 0.05) is 18.7 Å². The van der Waals surface area contributed by atoms with Crippen LogP contribution in [0.25, 0.3) is 0 Å². The summed E-state index contributed by atoms with van der Waals surface area (Å²) in [5.41, 5.74) is -1.78. The highest BCUT2D eigenvalue weighted by Gasteiger charge is 2.55. The maximum absolute atomic E-state index is 12.3. The number of carboxylic acids is 2. The van der Waals surface area contributed by atoms with Crippen molar-refractivity contribution in [2.24, 2.45) is 5.41 Å². The minimum Gasteiger partial charge on any atom is -0.481 e. The lowest BCUT2D eigenvalue weighted by Gasteiger charge is -2.53. The molecular formula is C19H29N3O8S. The van der Waals surface area contributed by atoms with E-state index in [1.165, 1.54) is 16.7 Å². The molecule has 2 heterocycles. The Hall–Kier alpha value is -2.50. The third-order valence-corrected chi connectivity index (χ3v) is 6.62. The molecule has 2 aliphatic heterocycles. The van der Waals surface area contributed by atoms with Crippen molar-refractivity contribution in [2.45, 2.75) is 70.0 Å². The highest BCUT2D eigenvalue weighted by Crippen LogP contribution is 2.41. The number of carbonyl (C=O) groups is 5. The maximum Gasteiger partial charge on any atom is 0.408 e. The van der Waals surface area contributed by atoms with Crippen LogP contribution in [-0.2, 0) is 23.9 Å². The molecule has 174 valence electrons. The fourth-order valence-corrected chi connectivity index (χ4v) is 4.74. The van der Waals surface area contributed by atoms with Gasteiger partial charge in [0.25, 0.3) is 0 Å². The average Bonchev–Trinajstić information content (AvgIpc) is 2.63. The van der Waals surface area contributed by atoms with Crippen LogP contribution in [0.4, 0.5) is 4.79 Å². The summed E-state index contributed by atoms with van der Waals surface area (Å²) in [5.74, 6) is -2.61. The van der Waals surface area contributed by atoms with Gasteiger partial charge >= 0.3 is 18.0 Å². The third kappa shape index (κ3) is 6.25. The summed E-state index contributed by atoms with van der Waals surface area (Å²) in [6.07, 6.45) is -0.680. The lowest BCUT2D eigenvalue weighted by molar-refractivity contribution is -0.158. The summed E-state index contributed by atoms with van der Waals surface area (Å²) >= 11 is 1.32. The van der Waals surface area contributed by atoms with Gasteiger partial charge in [-0.25, -0.2) is 9.59 Å². The van der Waals surface area contributed by atoms with Gasteiger partial charge in [-0.1, -0.05) is 0 Å². The average molecular weight is 460 g/mol. The van der Waals surface area contributed by atoms with E-state index in [0.29, 0.717) is 5.75 Å². The first-order valence-corrected chi connectivity index (χ1v) is 11.0. The van der Waals surface area contributed by atoms with E-state index in [0.717, 1.165) is 0 Å². The van der Waals surface area contributed by atoms with Crippen molar-refractivity contribution in [3.05, 3.63) is 0 Å². The molecule has 4 N–H and O–H groups in total. The number of alkyl carbamates (subject to hydrolysis) is 1. The predicted octanol–water partition coefficient (Wildman–Crippen LogP) is 0.625. The van der Waals surface area contributed by atoms with E-state index < -0.39 is 47.0 Å². The zero-order chi connectivity index (χ0) is 23.6. The number of β-lactam (4-membered cyclic amide) rings is 1. The topological polar surface area (TPSA) is 162 Å². The van der Waals surface area contributed by atoms with Crippen LogP contribution in [0.5, 0.6) is 0 Å². The molecule has 0 radical (unpaired) electrons. The van der Waals surface area contributed by atoms with Crippen molar-refractivity contribution in [3.63, 3.8) is 0 Å². The minimum absolute atomic E-state index is 0.0158. The smallest absolute Gasteiger partial charge is 0.408 e. The van der Waals surface area contributed by atoms with Crippen molar-refractivity contribution in [1.29, 1.82) is 0 Å². The highest BCUT2D eigenvalue weighted by atomic mass is 32.2. The van der Waals surface area contributed by atoms with Gasteiger partial charge in [-0.15, -0.1) is 11.8 Å². The second-order valence-electron chi connectivity index (χ2n) is 9.01. The fraction of sp³-hybridized carbons (Fsp3) is 0.737. The van der Waals surface area contributed by atoms with Crippen LogP contribution in [0, 0.1) is 5.41 Å². The molecule has 12 heteroatoms. The summed E-state index contributed by atoms with van der Waals surface area (Å²) in [6.45, 7) is 6.65. The van der Waals surface area contributed by atoms with Crippen molar-refractivity contribution in [2.75, 3.05) is 12.3 Å². The zero-order valence-corrected chi connectivity index (χ0v) is 18.8. The summed E-state index contributed by atoms with van der Waals surface area (Å²) in [6, 6.07) is -1.92. The lowest BCUT2D eigenvalue weighted by atomic mass is 9.89. The molecule has 4 atom stereocenters. The van der Waals surface area contributed by atoms with Crippen LogP contribution in [0.1, 0.15) is 47.0 Å². The molecule has 0 aromatic carbocycles. The molecule has 2 saturated heterocycles. The molecule has 3 amide bonds. The molecule has 11 nitrogen and oxygen atoms in total. The van der Waals surface area contributed by atoms with E-state index in [9.17, 15) is 34.2 Å². The van der Waals surface area contributed by atoms with E-state index in [2.05, 4.69) is 10.6 Å². The second kappa shape index (κ2) is 9.33. The first-order chi connectivity index (χ1) is 14.2. The van der Waals surface area contributed by atoms with Crippen LogP contribution >= 0.6 is 11.8 Å². The number of nitrogens with one attached hydrogen (secondary N) is 2. The van der Waals surface area contributed by atoms with Gasteiger partial charge in [0.2, 0.25) is 11.8 Å². The number of ether oxygens (including phenoxy) is 1. The molecule has 2 fully saturated rings. The van der Waals surface area contributed by atoms with Crippen molar-refractivity contribution in [1.82, 2.24) is 15.5 Å². The van der Waals surface area contributed by atoms with Crippen LogP contribution in [-0.4, -0.2) is 80.3 Å². The molecule has 0 bridgehead atoms. The Balaban J connectivity index is 1.78. The van der Waals surface area contributed by atoms with Gasteiger partial charge in [0.15, 0.2) is 0 Å². The number of hydrogen-bond donors (Lipinski definition) is 4. The Labute approximate surface area is 184 Å². The number of aliphatic carboxylic acids is 2. The third-order valence-electron chi connectivity index (χ3n) is 4.95. The number of hydrogen-bond acceptors (Lipinski definition) is 7. The largest absolute Gasteiger partial charge is 0.481 e. The van der Waals surface area contributed by atoms with Crippen LogP contribution in [0.2, 0.25) is 0 Å². The van der Waals surface area contributed by atoms with E-state index in [4.69, 9.17) is 4.74 Å². The van der Waals surface area contributed by atoms with E-state index >= 15 is 0 Å². The molecule has 0 aromatic heterocycles. The van der Waals surface area contributed by atoms with Crippen molar-refractivity contribution in [3.8, 4) is 0 Å². The number of carboxylic acid groups (broad SMARTS) is 2. The van der Waals surface area contributed by atoms with Crippen LogP contribution in [0.15, 0.2) is 0 Å². The first-order valence-electron chi connectivity index (χ1n) is 9.91. The monoisotopic (exact) mass is 459 g/mol. The first kappa shape index (κ1) is 24.8. The Morgan fingerprint density at radius 1 is 1.29 bits per heavy atom. The van der Waals surface area contributed by atoms with Crippen LogP contribution in [0.3, 0.4) is 0 Å². The molecule has 2 rings (SSSR count). The van der Waals surface area contributed by atoms with Gasteiger partial charge in [0.05, 0.1) is 5.41 Å². The SMILES string of the molecule is CC(C)(C)OC(=O)NC(CCCC(=O)NC1C(=O)N2CC(C)(C(=O)O)CS[C@H]12)C(=O)O. The number of nitrogens with zero attached hydrogens (tertiary/aromatic N) is 1. The second-order valence-corrected chi connectivity index (χ2v) is 10.1. The molecule has 0 aromatic rings. The van der Waals surface area contributed by atoms with Gasteiger partial charge in [-0.2, -0.15) is 0 Å². The van der Waals surface area contributed by atoms with E-state index in [-0.39, 0.29) is 37.1 Å². The number of carbonyl (C=O) groups excluding carboxylic acids is 3. The van der Waals surface area contributed by atoms with Gasteiger partial charge in [0.1, 0.15) is 23.1 Å². The normalized spacial score (nSPS) is 26.2. The van der Waals surface area contributed by atoms with Gasteiger partial charge < -0.3 is 30.5 Å². The zero-order valence-electron chi connectivity index (χ0n) is 18.0. The standard InChI is InChI=1S/C19H29N3O8S/c1-18(2,3)30-17(29)20-10(15(25)26)6-5-7-11(23)21-12-13(24)22-8-19(4,16(27)28)9-31-14(12)22/h10,12,14H,5-9H2,1-4H3,(H,20,29)(H,21,23)(H,25,26)(H,27,28)/t10?,12?,14-,19?/m1/s1. The molecule has 0 spiro atoms. The molecule has 0 saturated carbocycles. The maximum atomic E-state index is 12.3. The molecular weight excluding hydrogens is 430 g/mol. The molecule has 31 heavy (non-hydrogen) atoms. The van der Waals surface area contributed by atoms with Crippen LogP contribution < -0.4 is 10.6 Å². The minimum atomic E-state index is -1.24. The Bertz CT molecular complexity index is 768. The summed E-state index contributed by atoms with van der Waals surface area (Å²) in [4.78, 5) is 60.5. The number of fused-ring (bicyclic) bond motifs is 1. The molecule has 3 unspecified atom stereocenters. The number of rotatable bonds is 8. The highest BCUT2D eigenvalue weighted by molar-refractivity contribution is 8.00. The van der Waals surface area contributed by atoms with Crippen molar-refractivity contribution >= 4 is 41.6 Å². The Kier molecular flexibility index (Phi) is 7.45. The lowest BCUT2D eigenvalue weighted by Crippen LogP contribution is -2.73. The number of thioether (sulfide) groups is 1. The fourth-order valence-electron chi connectivity index (χ4n) is 3.25. The summed E-state index contributed by atoms with van der Waals surface area (Å²) in [7, 11) is 0. The molecule has 0 aliphatic carbocycles. The number of amides is 3. The quantitative estimate of drug-likeness (QED) is 0.381. The van der Waals surface area contributed by atoms with E-state index in [1.54, 1.807) is 27.7 Å². The summed E-state index contributed by atoms with van der Waals surface area (Å²) in [5, 5.41) is 23.2. The van der Waals surface area contributed by atoms with Crippen molar-refractivity contribution < 1.29 is 38.9 Å².